The van der Waals surface area contributed by atoms with Crippen LogP contribution < -0.4 is 11.3 Å². The van der Waals surface area contributed by atoms with Gasteiger partial charge in [-0.25, -0.2) is 4.98 Å². The van der Waals surface area contributed by atoms with Crippen LogP contribution in [0.4, 0.5) is 5.95 Å². The number of H-pyrrole nitrogens is 1. The van der Waals surface area contributed by atoms with Crippen LogP contribution in [0.2, 0.25) is 0 Å². The highest BCUT2D eigenvalue weighted by molar-refractivity contribution is 5.75. The van der Waals surface area contributed by atoms with Gasteiger partial charge in [0.15, 0.2) is 17.5 Å². The first-order valence-electron chi connectivity index (χ1n) is 8.56. The second-order valence-electron chi connectivity index (χ2n) is 6.42. The van der Waals surface area contributed by atoms with Gasteiger partial charge in [-0.2, -0.15) is 4.98 Å². The molecule has 0 radical (unpaired) electrons. The Morgan fingerprint density at radius 1 is 1.22 bits per heavy atom. The lowest BCUT2D eigenvalue weighted by Gasteiger charge is -2.38. The third-order valence-electron chi connectivity index (χ3n) is 4.67. The van der Waals surface area contributed by atoms with E-state index >= 15 is 0 Å². The summed E-state index contributed by atoms with van der Waals surface area (Å²) in [5, 5.41) is 0. The zero-order valence-electron chi connectivity index (χ0n) is 14.2. The topological polar surface area (TPSA) is 117 Å². The molecule has 0 saturated carbocycles. The SMILES string of the molecule is Nc1nc2c(ncn2C2=CC3OC(c4ccccc4)OCC3OC2)c(=O)[nH]1. The molecule has 1 fully saturated rings. The molecule has 4 heterocycles. The Morgan fingerprint density at radius 3 is 2.93 bits per heavy atom. The summed E-state index contributed by atoms with van der Waals surface area (Å²) >= 11 is 0. The molecule has 1 saturated heterocycles. The first kappa shape index (κ1) is 16.2. The summed E-state index contributed by atoms with van der Waals surface area (Å²) in [5.41, 5.74) is 7.64. The van der Waals surface area contributed by atoms with E-state index in [0.717, 1.165) is 11.3 Å². The molecule has 3 N–H and O–H groups in total. The van der Waals surface area contributed by atoms with Crippen molar-refractivity contribution >= 4 is 22.8 Å². The van der Waals surface area contributed by atoms with Crippen LogP contribution in [-0.4, -0.2) is 44.9 Å². The van der Waals surface area contributed by atoms with Crippen LogP contribution in [0.5, 0.6) is 0 Å². The predicted octanol–water partition coefficient (Wildman–Crippen LogP) is 1.06. The Kier molecular flexibility index (Phi) is 3.78. The number of nitrogen functional groups attached to an aromatic ring is 1. The van der Waals surface area contributed by atoms with E-state index < -0.39 is 6.29 Å². The first-order chi connectivity index (χ1) is 13.2. The molecule has 1 aromatic carbocycles. The number of benzene rings is 1. The van der Waals surface area contributed by atoms with Crippen LogP contribution in [0.15, 0.2) is 47.5 Å². The smallest absolute Gasteiger partial charge is 0.280 e. The lowest BCUT2D eigenvalue weighted by Crippen LogP contribution is -2.44. The largest absolute Gasteiger partial charge is 0.369 e. The highest BCUT2D eigenvalue weighted by atomic mass is 16.7. The number of nitrogens with two attached hydrogens (primary N) is 1. The summed E-state index contributed by atoms with van der Waals surface area (Å²) in [6.07, 6.45) is 2.57. The lowest BCUT2D eigenvalue weighted by molar-refractivity contribution is -0.254. The summed E-state index contributed by atoms with van der Waals surface area (Å²) < 4.78 is 19.5. The Morgan fingerprint density at radius 2 is 2.07 bits per heavy atom. The monoisotopic (exact) mass is 367 g/mol. The van der Waals surface area contributed by atoms with Gasteiger partial charge in [-0.15, -0.1) is 0 Å². The van der Waals surface area contributed by atoms with Crippen molar-refractivity contribution in [1.29, 1.82) is 0 Å². The van der Waals surface area contributed by atoms with Crippen LogP contribution in [0.3, 0.4) is 0 Å². The van der Waals surface area contributed by atoms with Gasteiger partial charge in [0.1, 0.15) is 18.5 Å². The highest BCUT2D eigenvalue weighted by Crippen LogP contribution is 2.32. The maximum atomic E-state index is 12.0. The molecule has 3 unspecified atom stereocenters. The van der Waals surface area contributed by atoms with Gasteiger partial charge in [0.2, 0.25) is 5.95 Å². The van der Waals surface area contributed by atoms with Crippen molar-refractivity contribution in [3.63, 3.8) is 0 Å². The highest BCUT2D eigenvalue weighted by Gasteiger charge is 2.35. The second-order valence-corrected chi connectivity index (χ2v) is 6.42. The molecule has 138 valence electrons. The Balaban J connectivity index is 1.49. The number of nitrogens with zero attached hydrogens (tertiary/aromatic N) is 3. The molecule has 2 aliphatic heterocycles. The fraction of sp³-hybridized carbons (Fsp3) is 0.278. The molecule has 0 spiro atoms. The van der Waals surface area contributed by atoms with Crippen molar-refractivity contribution in [2.45, 2.75) is 18.5 Å². The van der Waals surface area contributed by atoms with Gasteiger partial charge in [-0.05, 0) is 6.08 Å². The maximum Gasteiger partial charge on any atom is 0.280 e. The molecule has 9 heteroatoms. The van der Waals surface area contributed by atoms with Crippen LogP contribution in [-0.2, 0) is 14.2 Å². The summed E-state index contributed by atoms with van der Waals surface area (Å²) in [7, 11) is 0. The Labute approximate surface area is 153 Å². The molecule has 3 atom stereocenters. The van der Waals surface area contributed by atoms with Crippen molar-refractivity contribution in [3.05, 3.63) is 58.7 Å². The van der Waals surface area contributed by atoms with E-state index in [1.807, 2.05) is 36.4 Å². The lowest BCUT2D eigenvalue weighted by atomic mass is 10.1. The van der Waals surface area contributed by atoms with E-state index in [0.29, 0.717) is 18.9 Å². The van der Waals surface area contributed by atoms with Crippen molar-refractivity contribution in [3.8, 4) is 0 Å². The van der Waals surface area contributed by atoms with Crippen LogP contribution in [0, 0.1) is 0 Å². The van der Waals surface area contributed by atoms with E-state index in [-0.39, 0.29) is 29.2 Å². The fourth-order valence-corrected chi connectivity index (χ4v) is 3.34. The number of fused-ring (bicyclic) bond motifs is 2. The molecular weight excluding hydrogens is 350 g/mol. The molecule has 2 aliphatic rings. The van der Waals surface area contributed by atoms with E-state index in [1.165, 1.54) is 6.33 Å². The molecular formula is C18H17N5O4. The third kappa shape index (κ3) is 2.81. The maximum absolute atomic E-state index is 12.0. The summed E-state index contributed by atoms with van der Waals surface area (Å²) in [6, 6.07) is 9.75. The predicted molar refractivity (Wildman–Crippen MR) is 96.6 cm³/mol. The van der Waals surface area contributed by atoms with Crippen molar-refractivity contribution in [1.82, 2.24) is 19.5 Å². The van der Waals surface area contributed by atoms with Crippen molar-refractivity contribution < 1.29 is 14.2 Å². The van der Waals surface area contributed by atoms with Crippen LogP contribution >= 0.6 is 0 Å². The molecule has 0 aliphatic carbocycles. The molecule has 0 bridgehead atoms. The molecule has 3 aromatic rings. The normalized spacial score (nSPS) is 25.2. The average Bonchev–Trinajstić information content (AvgIpc) is 3.12. The minimum absolute atomic E-state index is 0.0379. The number of nitrogens with one attached hydrogen (secondary N) is 1. The number of rotatable bonds is 2. The number of imidazole rings is 1. The van der Waals surface area contributed by atoms with Gasteiger partial charge < -0.3 is 19.9 Å². The van der Waals surface area contributed by atoms with E-state index in [4.69, 9.17) is 19.9 Å². The van der Waals surface area contributed by atoms with Gasteiger partial charge in [0, 0.05) is 5.56 Å². The fourth-order valence-electron chi connectivity index (χ4n) is 3.34. The van der Waals surface area contributed by atoms with Gasteiger partial charge >= 0.3 is 0 Å². The van der Waals surface area contributed by atoms with Crippen molar-refractivity contribution in [2.24, 2.45) is 0 Å². The van der Waals surface area contributed by atoms with Gasteiger partial charge in [-0.3, -0.25) is 14.3 Å². The molecule has 27 heavy (non-hydrogen) atoms. The Bertz CT molecular complexity index is 1070. The molecule has 0 amide bonds. The van der Waals surface area contributed by atoms with Crippen LogP contribution in [0.25, 0.3) is 16.9 Å². The zero-order valence-corrected chi connectivity index (χ0v) is 14.2. The zero-order chi connectivity index (χ0) is 18.4. The summed E-state index contributed by atoms with van der Waals surface area (Å²) in [5.74, 6) is 0.0379. The number of hydrogen-bond acceptors (Lipinski definition) is 7. The number of anilines is 1. The van der Waals surface area contributed by atoms with E-state index in [1.54, 1.807) is 4.57 Å². The molecule has 9 nitrogen and oxygen atoms in total. The van der Waals surface area contributed by atoms with Gasteiger partial charge in [0.25, 0.3) is 5.56 Å². The number of hydrogen-bond donors (Lipinski definition) is 2. The van der Waals surface area contributed by atoms with E-state index in [9.17, 15) is 4.79 Å². The standard InChI is InChI=1S/C18H17N5O4/c19-18-21-15-14(16(24)22-18)20-9-23(15)11-6-12-13(25-7-11)8-26-17(27-12)10-4-2-1-3-5-10/h1-6,9,12-13,17H,7-8H2,(H3,19,21,22,24). The minimum Gasteiger partial charge on any atom is -0.369 e. The van der Waals surface area contributed by atoms with Gasteiger partial charge in [0.05, 0.1) is 18.9 Å². The minimum atomic E-state index is -0.456. The third-order valence-corrected chi connectivity index (χ3v) is 4.67. The Hall–Kier alpha value is -3.01. The summed E-state index contributed by atoms with van der Waals surface area (Å²) in [6.45, 7) is 0.757. The number of ether oxygens (including phenoxy) is 3. The van der Waals surface area contributed by atoms with Crippen LogP contribution in [0.1, 0.15) is 11.9 Å². The van der Waals surface area contributed by atoms with E-state index in [2.05, 4.69) is 15.0 Å². The molecule has 2 aromatic heterocycles. The van der Waals surface area contributed by atoms with Gasteiger partial charge in [-0.1, -0.05) is 30.3 Å². The van der Waals surface area contributed by atoms with Crippen molar-refractivity contribution in [2.75, 3.05) is 18.9 Å². The molecule has 5 rings (SSSR count). The number of aromatic nitrogens is 4. The quantitative estimate of drug-likeness (QED) is 0.695. The summed E-state index contributed by atoms with van der Waals surface area (Å²) in [4.78, 5) is 22.8. The second kappa shape index (κ2) is 6.31. The first-order valence-corrected chi connectivity index (χ1v) is 8.56. The average molecular weight is 367 g/mol. The number of aromatic amines is 1.